The van der Waals surface area contributed by atoms with Gasteiger partial charge in [0, 0.05) is 5.56 Å². The van der Waals surface area contributed by atoms with Crippen molar-refractivity contribution in [3.05, 3.63) is 124 Å². The Kier molecular flexibility index (Phi) is 11.7. The molecule has 0 aliphatic rings. The van der Waals surface area contributed by atoms with Crippen LogP contribution in [-0.4, -0.2) is 8.42 Å². The third kappa shape index (κ3) is 7.05. The summed E-state index contributed by atoms with van der Waals surface area (Å²) in [7, 11) is -0.188. The van der Waals surface area contributed by atoms with E-state index in [0.717, 1.165) is 0 Å². The van der Waals surface area contributed by atoms with Crippen LogP contribution in [0.1, 0.15) is 28.8 Å². The van der Waals surface area contributed by atoms with E-state index >= 15 is 0 Å². The van der Waals surface area contributed by atoms with Crippen molar-refractivity contribution in [1.82, 2.24) is 0 Å². The van der Waals surface area contributed by atoms with Gasteiger partial charge in [-0.05, 0) is 0 Å². The van der Waals surface area contributed by atoms with Crippen LogP contribution in [0.5, 0.6) is 0 Å². The number of rotatable bonds is 7. The number of nitrogens with zero attached hydrogens (tertiary/aromatic N) is 1. The Morgan fingerprint density at radius 3 is 1.59 bits per heavy atom. The summed E-state index contributed by atoms with van der Waals surface area (Å²) in [6, 6.07) is 13.5. The van der Waals surface area contributed by atoms with E-state index < -0.39 is 62.5 Å². The van der Waals surface area contributed by atoms with E-state index in [9.17, 15) is 30.4 Å². The molecule has 4 nitrogen and oxygen atoms in total. The molecule has 2 atom stereocenters. The van der Waals surface area contributed by atoms with Gasteiger partial charge >= 0.3 is 27.0 Å². The van der Waals surface area contributed by atoms with Crippen LogP contribution in [0, 0.1) is 36.5 Å². The third-order valence-electron chi connectivity index (χ3n) is 4.52. The molecule has 0 spiro atoms. The van der Waals surface area contributed by atoms with E-state index in [4.69, 9.17) is 5.73 Å². The van der Waals surface area contributed by atoms with Crippen molar-refractivity contribution in [2.45, 2.75) is 17.8 Å². The second kappa shape index (κ2) is 13.3. The second-order valence-electron chi connectivity index (χ2n) is 6.62. The maximum absolute atomic E-state index is 14.0. The van der Waals surface area contributed by atoms with E-state index in [1.165, 1.54) is 12.1 Å². The van der Waals surface area contributed by atoms with E-state index in [2.05, 4.69) is 14.4 Å². The van der Waals surface area contributed by atoms with Gasteiger partial charge in [0.2, 0.25) is 5.82 Å². The van der Waals surface area contributed by atoms with Crippen molar-refractivity contribution >= 4 is 19.7 Å². The number of halogens is 6. The van der Waals surface area contributed by atoms with E-state index in [1.807, 2.05) is 17.3 Å². The molecule has 3 aromatic carbocycles. The van der Waals surface area contributed by atoms with E-state index in [1.54, 1.807) is 48.5 Å². The molecule has 1 N–H and O–H groups in total. The zero-order valence-corrected chi connectivity index (χ0v) is 20.7. The Hall–Kier alpha value is -1.91. The molecule has 3 rings (SSSR count). The number of hydrogen-bond acceptors (Lipinski definition) is 2. The maximum Gasteiger partial charge on any atom is 0.200 e. The molecule has 0 aromatic heterocycles. The number of benzene rings is 3. The van der Waals surface area contributed by atoms with Crippen molar-refractivity contribution in [2.75, 3.05) is 0 Å². The molecule has 3 aromatic rings. The van der Waals surface area contributed by atoms with Crippen molar-refractivity contribution < 1.29 is 47.7 Å². The monoisotopic (exact) mass is 606 g/mol. The van der Waals surface area contributed by atoms with Gasteiger partial charge in [-0.2, -0.15) is 0 Å². The summed E-state index contributed by atoms with van der Waals surface area (Å²) in [5.74, 6) is -12.9. The van der Waals surface area contributed by atoms with Crippen LogP contribution in [0.4, 0.5) is 22.0 Å². The first-order chi connectivity index (χ1) is 15.6. The molecular weight excluding hydrogens is 588 g/mol. The minimum atomic E-state index is -4.76. The molecule has 0 bridgehead atoms. The van der Waals surface area contributed by atoms with Gasteiger partial charge in [0.15, 0.2) is 23.3 Å². The Bertz CT molecular complexity index is 1160. The molecule has 12 heteroatoms. The number of nitrogens with one attached hydrogen (secondary N) is 1. The van der Waals surface area contributed by atoms with Crippen LogP contribution in [0.3, 0.4) is 0 Å². The molecule has 0 aliphatic carbocycles. The number of sulfonamides is 1. The Morgan fingerprint density at radius 2 is 1.15 bits per heavy atom. The van der Waals surface area contributed by atoms with Gasteiger partial charge in [-0.25, -0.2) is 30.4 Å². The van der Waals surface area contributed by atoms with Gasteiger partial charge in [0.05, 0.1) is 15.8 Å². The average Bonchev–Trinajstić information content (AvgIpc) is 2.84. The van der Waals surface area contributed by atoms with Crippen molar-refractivity contribution in [3.63, 3.8) is 0 Å². The Labute approximate surface area is 209 Å². The van der Waals surface area contributed by atoms with Crippen LogP contribution >= 0.6 is 9.69 Å². The van der Waals surface area contributed by atoms with Gasteiger partial charge in [0.25, 0.3) is 0 Å². The van der Waals surface area contributed by atoms with Gasteiger partial charge in [0.1, 0.15) is 0 Å². The summed E-state index contributed by atoms with van der Waals surface area (Å²) in [6.45, 7) is 0. The van der Waals surface area contributed by atoms with Crippen LogP contribution < -0.4 is 0 Å². The zero-order valence-electron chi connectivity index (χ0n) is 17.4. The molecule has 34 heavy (non-hydrogen) atoms. The second-order valence-corrected chi connectivity index (χ2v) is 8.29. The fourth-order valence-corrected chi connectivity index (χ4v) is 4.26. The predicted molar refractivity (Wildman–Crippen MR) is 117 cm³/mol. The molecule has 0 aliphatic heterocycles. The number of hydrogen-bond donors (Lipinski definition) is 0. The minimum Gasteiger partial charge on any atom is -0.672 e. The third-order valence-corrected chi connectivity index (χ3v) is 5.72. The first-order valence-corrected chi connectivity index (χ1v) is 12.9. The smallest absolute Gasteiger partial charge is 0.200 e. The molecule has 0 fully saturated rings. The molecular formula is C22H18ClF5N2O2RuS. The summed E-state index contributed by atoms with van der Waals surface area (Å²) in [5, 5.41) is 0. The largest absolute Gasteiger partial charge is 0.672 e. The predicted octanol–water partition coefficient (Wildman–Crippen LogP) is 7.26. The van der Waals surface area contributed by atoms with E-state index in [-0.39, 0.29) is 7.43 Å². The molecule has 0 amide bonds. The summed E-state index contributed by atoms with van der Waals surface area (Å²) < 4.78 is 96.9. The molecule has 184 valence electrons. The molecule has 0 radical (unpaired) electrons. The molecule has 0 heterocycles. The van der Waals surface area contributed by atoms with Crippen molar-refractivity contribution in [1.29, 1.82) is 0 Å². The van der Waals surface area contributed by atoms with Gasteiger partial charge in [-0.1, -0.05) is 71.8 Å². The first kappa shape index (κ1) is 30.1. The molecule has 0 saturated heterocycles. The summed E-state index contributed by atoms with van der Waals surface area (Å²) >= 11 is 1.82. The van der Waals surface area contributed by atoms with Gasteiger partial charge in [-0.3, -0.25) is 0 Å². The quantitative estimate of drug-likeness (QED) is 0.0935. The van der Waals surface area contributed by atoms with Gasteiger partial charge < -0.3 is 17.9 Å². The van der Waals surface area contributed by atoms with Crippen LogP contribution in [0.15, 0.2) is 60.7 Å². The van der Waals surface area contributed by atoms with Crippen LogP contribution in [0.25, 0.3) is 10.5 Å². The normalized spacial score (nSPS) is 12.7. The summed E-state index contributed by atoms with van der Waals surface area (Å²) in [6.07, 6.45) is 0. The summed E-state index contributed by atoms with van der Waals surface area (Å²) in [5.41, 5.74) is 7.72. The van der Waals surface area contributed by atoms with Crippen LogP contribution in [0.2, 0.25) is 0 Å². The Morgan fingerprint density at radius 1 is 0.765 bits per heavy atom. The fourth-order valence-electron chi connectivity index (χ4n) is 2.98. The van der Waals surface area contributed by atoms with Gasteiger partial charge in [-0.15, -0.1) is 12.1 Å². The topological polar surface area (TPSA) is 72.0 Å². The fraction of sp³-hybridized carbons (Fsp3) is 0.136. The Balaban J connectivity index is 0.00000188. The first-order valence-electron chi connectivity index (χ1n) is 9.02. The van der Waals surface area contributed by atoms with Crippen molar-refractivity contribution in [3.8, 4) is 0 Å². The molecule has 2 unspecified atom stereocenters. The summed E-state index contributed by atoms with van der Waals surface area (Å²) in [4.78, 5) is 0. The SMILES string of the molecule is [CH3-].[Cl][Ru+3].[NH-]C(c1ccccc1)C([N-]S(=O)(=O)Cc1c(F)c(F)c(F)c(F)c1F)c1ccccc1. The minimum absolute atomic E-state index is 0. The van der Waals surface area contributed by atoms with E-state index in [0.29, 0.717) is 11.1 Å². The maximum atomic E-state index is 14.0. The standard InChI is InChI=1S/C21H15F5N2O2S.CH3.ClH.Ru/c22-15-14(16(23)18(25)19(26)17(15)24)11-31(29,30)28-21(13-9-5-2-6-10-13)20(27)12-7-3-1-4-8-12;;;/h1-10,20-21,27H,11H2;1H3;1H;/q-2;-1;;+4/p-1. The van der Waals surface area contributed by atoms with Crippen molar-refractivity contribution in [2.24, 2.45) is 0 Å². The average molecular weight is 606 g/mol. The molecule has 0 saturated carbocycles. The zero-order chi connectivity index (χ0) is 24.8. The van der Waals surface area contributed by atoms with Crippen LogP contribution in [-0.2, 0) is 33.1 Å².